The van der Waals surface area contributed by atoms with Gasteiger partial charge in [-0.2, -0.15) is 13.2 Å². The third-order valence-electron chi connectivity index (χ3n) is 3.21. The number of fused-ring (bicyclic) bond motifs is 1. The van der Waals surface area contributed by atoms with E-state index in [0.29, 0.717) is 18.6 Å². The van der Waals surface area contributed by atoms with E-state index >= 15 is 0 Å². The minimum Gasteiger partial charge on any atom is -0.345 e. The summed E-state index contributed by atoms with van der Waals surface area (Å²) in [6.45, 7) is 0.491. The Morgan fingerprint density at radius 3 is 2.89 bits per heavy atom. The van der Waals surface area contributed by atoms with Crippen LogP contribution in [0.15, 0.2) is 0 Å². The molecule has 2 saturated heterocycles. The average molecular weight is 282 g/mol. The lowest BCUT2D eigenvalue weighted by Gasteiger charge is -2.29. The van der Waals surface area contributed by atoms with Crippen molar-refractivity contribution in [2.75, 3.05) is 12.3 Å². The first kappa shape index (κ1) is 13.5. The highest BCUT2D eigenvalue weighted by Crippen LogP contribution is 2.47. The van der Waals surface area contributed by atoms with Crippen molar-refractivity contribution in [3.8, 4) is 0 Å². The second-order valence-corrected chi connectivity index (χ2v) is 6.10. The number of rotatable bonds is 2. The molecule has 0 aromatic carbocycles. The van der Waals surface area contributed by atoms with Crippen molar-refractivity contribution in [3.05, 3.63) is 0 Å². The van der Waals surface area contributed by atoms with Gasteiger partial charge in [0.25, 0.3) is 0 Å². The van der Waals surface area contributed by atoms with Crippen LogP contribution in [0.1, 0.15) is 19.8 Å². The Hall–Kier alpha value is -0.920. The fourth-order valence-electron chi connectivity index (χ4n) is 2.32. The van der Waals surface area contributed by atoms with E-state index < -0.39 is 29.5 Å². The van der Waals surface area contributed by atoms with Gasteiger partial charge in [-0.1, -0.05) is 0 Å². The number of nitrogens with one attached hydrogen (secondary N) is 1. The second-order valence-electron chi connectivity index (χ2n) is 4.60. The molecular formula is C10H13F3N2O2S. The largest absolute Gasteiger partial charge is 0.405 e. The van der Waals surface area contributed by atoms with Gasteiger partial charge in [0.05, 0.1) is 4.87 Å². The number of halogens is 3. The van der Waals surface area contributed by atoms with Gasteiger partial charge in [0.2, 0.25) is 11.8 Å². The highest BCUT2D eigenvalue weighted by Gasteiger charge is 2.53. The first-order valence-electron chi connectivity index (χ1n) is 5.53. The van der Waals surface area contributed by atoms with E-state index in [9.17, 15) is 22.8 Å². The summed E-state index contributed by atoms with van der Waals surface area (Å²) in [6.07, 6.45) is -3.44. The summed E-state index contributed by atoms with van der Waals surface area (Å²) in [7, 11) is 0. The minimum atomic E-state index is -4.43. The molecule has 1 N–H and O–H groups in total. The predicted octanol–water partition coefficient (Wildman–Crippen LogP) is 1.12. The monoisotopic (exact) mass is 282 g/mol. The number of hydrogen-bond acceptors (Lipinski definition) is 3. The Labute approximate surface area is 106 Å². The topological polar surface area (TPSA) is 49.4 Å². The molecular weight excluding hydrogens is 269 g/mol. The van der Waals surface area contributed by atoms with Crippen molar-refractivity contribution < 1.29 is 22.8 Å². The Morgan fingerprint density at radius 2 is 2.28 bits per heavy atom. The van der Waals surface area contributed by atoms with Crippen molar-refractivity contribution in [2.24, 2.45) is 0 Å². The SMILES string of the molecule is C[C@]12CCC(=O)N1[C@H](C(=O)NCC(F)(F)F)CS2. The van der Waals surface area contributed by atoms with Crippen LogP contribution in [0.5, 0.6) is 0 Å². The lowest BCUT2D eigenvalue weighted by Crippen LogP contribution is -2.51. The summed E-state index contributed by atoms with van der Waals surface area (Å²) in [5.74, 6) is -0.528. The van der Waals surface area contributed by atoms with E-state index in [-0.39, 0.29) is 5.91 Å². The molecule has 102 valence electrons. The number of alkyl halides is 3. The molecule has 0 spiro atoms. The highest BCUT2D eigenvalue weighted by atomic mass is 32.2. The summed E-state index contributed by atoms with van der Waals surface area (Å²) in [6, 6.07) is -0.780. The predicted molar refractivity (Wildman–Crippen MR) is 59.8 cm³/mol. The number of carbonyl (C=O) groups is 2. The van der Waals surface area contributed by atoms with Gasteiger partial charge in [-0.05, 0) is 13.3 Å². The van der Waals surface area contributed by atoms with Crippen molar-refractivity contribution in [1.29, 1.82) is 0 Å². The zero-order valence-corrected chi connectivity index (χ0v) is 10.5. The Morgan fingerprint density at radius 1 is 1.61 bits per heavy atom. The molecule has 0 aromatic rings. The molecule has 18 heavy (non-hydrogen) atoms. The molecule has 0 aromatic heterocycles. The molecule has 4 nitrogen and oxygen atoms in total. The molecule has 2 atom stereocenters. The molecule has 2 fully saturated rings. The zero-order valence-electron chi connectivity index (χ0n) is 9.71. The maximum atomic E-state index is 12.0. The number of hydrogen-bond donors (Lipinski definition) is 1. The fourth-order valence-corrected chi connectivity index (χ4v) is 3.75. The first-order chi connectivity index (χ1) is 8.23. The van der Waals surface area contributed by atoms with Crippen molar-refractivity contribution in [2.45, 2.75) is 36.9 Å². The lowest BCUT2D eigenvalue weighted by molar-refractivity contribution is -0.144. The van der Waals surface area contributed by atoms with Crippen LogP contribution in [0.3, 0.4) is 0 Å². The summed E-state index contributed by atoms with van der Waals surface area (Å²) in [5, 5.41) is 1.84. The Kier molecular flexibility index (Phi) is 3.25. The molecule has 2 aliphatic heterocycles. The third-order valence-corrected chi connectivity index (χ3v) is 4.72. The molecule has 2 aliphatic rings. The van der Waals surface area contributed by atoms with Gasteiger partial charge in [-0.15, -0.1) is 11.8 Å². The number of carbonyl (C=O) groups excluding carboxylic acids is 2. The van der Waals surface area contributed by atoms with Crippen LogP contribution < -0.4 is 5.32 Å². The van der Waals surface area contributed by atoms with E-state index in [1.165, 1.54) is 16.7 Å². The van der Waals surface area contributed by atoms with Gasteiger partial charge < -0.3 is 10.2 Å². The Balaban J connectivity index is 2.02. The van der Waals surface area contributed by atoms with Gasteiger partial charge >= 0.3 is 6.18 Å². The standard InChI is InChI=1S/C10H13F3N2O2S/c1-9-3-2-7(16)15(9)6(4-18-9)8(17)14-5-10(11,12)13/h6H,2-5H2,1H3,(H,14,17)/t6-,9-/m0/s1. The number of thioether (sulfide) groups is 1. The van der Waals surface area contributed by atoms with Crippen molar-refractivity contribution >= 4 is 23.6 Å². The summed E-state index contributed by atoms with van der Waals surface area (Å²) in [5.41, 5.74) is 0. The smallest absolute Gasteiger partial charge is 0.345 e. The Bertz CT molecular complexity index is 388. The normalized spacial score (nSPS) is 31.7. The van der Waals surface area contributed by atoms with Crippen LogP contribution in [0, 0.1) is 0 Å². The molecule has 0 unspecified atom stereocenters. The van der Waals surface area contributed by atoms with Crippen LogP contribution in [0.2, 0.25) is 0 Å². The zero-order chi connectivity index (χ0) is 13.6. The number of nitrogens with zero attached hydrogens (tertiary/aromatic N) is 1. The minimum absolute atomic E-state index is 0.158. The summed E-state index contributed by atoms with van der Waals surface area (Å²) in [4.78, 5) is 24.4. The van der Waals surface area contributed by atoms with Crippen LogP contribution in [-0.2, 0) is 9.59 Å². The first-order valence-corrected chi connectivity index (χ1v) is 6.52. The molecule has 2 rings (SSSR count). The van der Waals surface area contributed by atoms with Gasteiger partial charge in [0, 0.05) is 12.2 Å². The lowest BCUT2D eigenvalue weighted by atomic mass is 10.2. The van der Waals surface area contributed by atoms with E-state index in [1.54, 1.807) is 0 Å². The molecule has 2 heterocycles. The van der Waals surface area contributed by atoms with E-state index in [4.69, 9.17) is 0 Å². The highest BCUT2D eigenvalue weighted by molar-refractivity contribution is 8.01. The maximum Gasteiger partial charge on any atom is 0.405 e. The van der Waals surface area contributed by atoms with Crippen LogP contribution >= 0.6 is 11.8 Å². The number of amides is 2. The molecule has 0 aliphatic carbocycles. The summed E-state index contributed by atoms with van der Waals surface area (Å²) >= 11 is 1.45. The van der Waals surface area contributed by atoms with E-state index in [2.05, 4.69) is 0 Å². The van der Waals surface area contributed by atoms with Crippen LogP contribution in [0.4, 0.5) is 13.2 Å². The summed E-state index contributed by atoms with van der Waals surface area (Å²) < 4.78 is 36.1. The van der Waals surface area contributed by atoms with Gasteiger partial charge in [0.15, 0.2) is 0 Å². The fraction of sp³-hybridized carbons (Fsp3) is 0.800. The average Bonchev–Trinajstić information content (AvgIpc) is 2.73. The molecule has 0 radical (unpaired) electrons. The molecule has 2 amide bonds. The van der Waals surface area contributed by atoms with Gasteiger partial charge in [0.1, 0.15) is 12.6 Å². The quantitative estimate of drug-likeness (QED) is 0.825. The van der Waals surface area contributed by atoms with Gasteiger partial charge in [-0.25, -0.2) is 0 Å². The van der Waals surface area contributed by atoms with Crippen molar-refractivity contribution in [1.82, 2.24) is 10.2 Å². The third kappa shape index (κ3) is 2.43. The van der Waals surface area contributed by atoms with E-state index in [1.807, 2.05) is 12.2 Å². The second kappa shape index (κ2) is 4.32. The van der Waals surface area contributed by atoms with E-state index in [0.717, 1.165) is 0 Å². The molecule has 0 saturated carbocycles. The van der Waals surface area contributed by atoms with Crippen molar-refractivity contribution in [3.63, 3.8) is 0 Å². The molecule has 8 heteroatoms. The van der Waals surface area contributed by atoms with Gasteiger partial charge in [-0.3, -0.25) is 9.59 Å². The maximum absolute atomic E-state index is 12.0. The van der Waals surface area contributed by atoms with Crippen LogP contribution in [0.25, 0.3) is 0 Å². The molecule has 0 bridgehead atoms. The van der Waals surface area contributed by atoms with Crippen LogP contribution in [-0.4, -0.2) is 46.1 Å².